The highest BCUT2D eigenvalue weighted by Crippen LogP contribution is 2.53. The average molecular weight is 557 g/mol. The summed E-state index contributed by atoms with van der Waals surface area (Å²) in [5.41, 5.74) is 0.822. The highest BCUT2D eigenvalue weighted by Gasteiger charge is 2.63. The van der Waals surface area contributed by atoms with E-state index in [1.54, 1.807) is 42.5 Å². The van der Waals surface area contributed by atoms with Gasteiger partial charge in [-0.2, -0.15) is 4.72 Å². The Morgan fingerprint density at radius 3 is 2.37 bits per heavy atom. The summed E-state index contributed by atoms with van der Waals surface area (Å²) in [7, 11) is -4.08. The second-order valence-electron chi connectivity index (χ2n) is 9.54. The van der Waals surface area contributed by atoms with Crippen LogP contribution in [0.2, 0.25) is 5.02 Å². The number of halogens is 1. The van der Waals surface area contributed by atoms with E-state index in [9.17, 15) is 18.3 Å². The molecule has 1 heterocycles. The summed E-state index contributed by atoms with van der Waals surface area (Å²) in [6, 6.07) is 20.8. The van der Waals surface area contributed by atoms with E-state index in [4.69, 9.17) is 21.1 Å². The number of carboxylic acid groups (broad SMARTS) is 1. The molecule has 1 saturated heterocycles. The molecule has 3 aromatic carbocycles. The van der Waals surface area contributed by atoms with Crippen LogP contribution in [-0.2, 0) is 19.6 Å². The minimum absolute atomic E-state index is 0.00156. The maximum absolute atomic E-state index is 13.2. The number of nitrogens with one attached hydrogen (secondary N) is 1. The molecule has 0 radical (unpaired) electrons. The Morgan fingerprint density at radius 2 is 1.71 bits per heavy atom. The second kappa shape index (κ2) is 11.0. The van der Waals surface area contributed by atoms with E-state index in [0.717, 1.165) is 49.5 Å². The molecule has 10 heteroatoms. The molecule has 3 aromatic rings. The van der Waals surface area contributed by atoms with Gasteiger partial charge in [-0.1, -0.05) is 48.0 Å². The quantitative estimate of drug-likeness (QED) is 0.389. The molecule has 0 amide bonds. The molecule has 2 N–H and O–H groups in total. The summed E-state index contributed by atoms with van der Waals surface area (Å²) < 4.78 is 40.1. The molecule has 2 aliphatic rings. The molecule has 38 heavy (non-hydrogen) atoms. The lowest BCUT2D eigenvalue weighted by Crippen LogP contribution is -2.44. The molecular formula is C28H29ClN2O6S. The van der Waals surface area contributed by atoms with Crippen molar-refractivity contribution in [3.05, 3.63) is 83.4 Å². The third-order valence-corrected chi connectivity index (χ3v) is 8.82. The van der Waals surface area contributed by atoms with Crippen molar-refractivity contribution in [1.82, 2.24) is 9.62 Å². The van der Waals surface area contributed by atoms with Crippen LogP contribution in [0, 0.1) is 0 Å². The summed E-state index contributed by atoms with van der Waals surface area (Å²) >= 11 is 5.95. The topological polar surface area (TPSA) is 105 Å². The van der Waals surface area contributed by atoms with E-state index in [2.05, 4.69) is 9.62 Å². The maximum atomic E-state index is 13.2. The van der Waals surface area contributed by atoms with E-state index in [1.165, 1.54) is 12.1 Å². The number of hydrogen-bond acceptors (Lipinski definition) is 6. The summed E-state index contributed by atoms with van der Waals surface area (Å²) in [4.78, 5) is 14.6. The van der Waals surface area contributed by atoms with Crippen LogP contribution in [0.4, 0.5) is 0 Å². The monoisotopic (exact) mass is 556 g/mol. The number of morpholine rings is 1. The van der Waals surface area contributed by atoms with Crippen molar-refractivity contribution in [3.63, 3.8) is 0 Å². The van der Waals surface area contributed by atoms with Gasteiger partial charge in [0.25, 0.3) is 0 Å². The van der Waals surface area contributed by atoms with Crippen molar-refractivity contribution < 1.29 is 27.8 Å². The number of sulfonamides is 1. The largest absolute Gasteiger partial charge is 0.492 e. The van der Waals surface area contributed by atoms with E-state index < -0.39 is 27.4 Å². The molecule has 0 bridgehead atoms. The van der Waals surface area contributed by atoms with Gasteiger partial charge in [0.2, 0.25) is 10.0 Å². The SMILES string of the molecule is O=C(O)C1(NS(=O)(=O)c2ccc(-c3ccc(Cl)cc3)cc2)CC1c1cccc(OCCN2CCOCC2)c1. The molecule has 5 rings (SSSR count). The van der Waals surface area contributed by atoms with Gasteiger partial charge < -0.3 is 14.6 Å². The molecular weight excluding hydrogens is 528 g/mol. The van der Waals surface area contributed by atoms with Crippen molar-refractivity contribution in [2.24, 2.45) is 0 Å². The van der Waals surface area contributed by atoms with Crippen LogP contribution in [0.3, 0.4) is 0 Å². The Bertz CT molecular complexity index is 1390. The lowest BCUT2D eigenvalue weighted by atomic mass is 10.1. The van der Waals surface area contributed by atoms with Crippen LogP contribution in [0.25, 0.3) is 11.1 Å². The molecule has 1 aliphatic heterocycles. The third kappa shape index (κ3) is 5.87. The van der Waals surface area contributed by atoms with Gasteiger partial charge in [-0.15, -0.1) is 0 Å². The Hall–Kier alpha value is -2.95. The first-order chi connectivity index (χ1) is 18.3. The zero-order chi connectivity index (χ0) is 26.8. The smallest absolute Gasteiger partial charge is 0.325 e. The van der Waals surface area contributed by atoms with Gasteiger partial charge in [0, 0.05) is 30.6 Å². The van der Waals surface area contributed by atoms with Gasteiger partial charge in [0.15, 0.2) is 0 Å². The summed E-state index contributed by atoms with van der Waals surface area (Å²) in [6.07, 6.45) is 0.154. The molecule has 1 aliphatic carbocycles. The van der Waals surface area contributed by atoms with Crippen molar-refractivity contribution in [1.29, 1.82) is 0 Å². The van der Waals surface area contributed by atoms with Crippen molar-refractivity contribution in [2.45, 2.75) is 22.8 Å². The molecule has 2 fully saturated rings. The first-order valence-electron chi connectivity index (χ1n) is 12.4. The van der Waals surface area contributed by atoms with Crippen LogP contribution in [0.1, 0.15) is 17.9 Å². The van der Waals surface area contributed by atoms with Gasteiger partial charge in [-0.25, -0.2) is 8.42 Å². The number of aliphatic carboxylic acids is 1. The maximum Gasteiger partial charge on any atom is 0.325 e. The first-order valence-corrected chi connectivity index (χ1v) is 14.3. The first kappa shape index (κ1) is 26.6. The van der Waals surface area contributed by atoms with Crippen molar-refractivity contribution in [3.8, 4) is 16.9 Å². The van der Waals surface area contributed by atoms with Crippen molar-refractivity contribution >= 4 is 27.6 Å². The molecule has 2 unspecified atom stereocenters. The van der Waals surface area contributed by atoms with Gasteiger partial charge in [0.05, 0.1) is 18.1 Å². The van der Waals surface area contributed by atoms with Crippen LogP contribution in [0.5, 0.6) is 5.75 Å². The van der Waals surface area contributed by atoms with Crippen LogP contribution >= 0.6 is 11.6 Å². The Labute approximate surface area is 227 Å². The van der Waals surface area contributed by atoms with E-state index in [0.29, 0.717) is 17.4 Å². The predicted molar refractivity (Wildman–Crippen MR) is 144 cm³/mol. The summed E-state index contributed by atoms with van der Waals surface area (Å²) in [5, 5.41) is 10.6. The number of benzene rings is 3. The second-order valence-corrected chi connectivity index (χ2v) is 11.7. The number of rotatable bonds is 10. The zero-order valence-corrected chi connectivity index (χ0v) is 22.2. The lowest BCUT2D eigenvalue weighted by Gasteiger charge is -2.26. The number of carboxylic acids is 1. The predicted octanol–water partition coefficient (Wildman–Crippen LogP) is 4.01. The number of carbonyl (C=O) groups is 1. The highest BCUT2D eigenvalue weighted by molar-refractivity contribution is 7.89. The Kier molecular flexibility index (Phi) is 7.74. The van der Waals surface area contributed by atoms with Gasteiger partial charge in [0.1, 0.15) is 17.9 Å². The molecule has 0 spiro atoms. The Balaban J connectivity index is 1.26. The average Bonchev–Trinajstić information content (AvgIpc) is 3.65. The van der Waals surface area contributed by atoms with Crippen LogP contribution in [-0.4, -0.2) is 69.4 Å². The fourth-order valence-corrected chi connectivity index (χ4v) is 6.29. The van der Waals surface area contributed by atoms with Gasteiger partial charge >= 0.3 is 5.97 Å². The third-order valence-electron chi connectivity index (χ3n) is 7.04. The van der Waals surface area contributed by atoms with Crippen LogP contribution < -0.4 is 9.46 Å². The fraction of sp³-hybridized carbons (Fsp3) is 0.321. The molecule has 200 valence electrons. The lowest BCUT2D eigenvalue weighted by molar-refractivity contribution is -0.140. The van der Waals surface area contributed by atoms with E-state index >= 15 is 0 Å². The minimum atomic E-state index is -4.08. The highest BCUT2D eigenvalue weighted by atomic mass is 35.5. The number of nitrogens with zero attached hydrogens (tertiary/aromatic N) is 1. The van der Waals surface area contributed by atoms with Gasteiger partial charge in [-0.05, 0) is 59.5 Å². The van der Waals surface area contributed by atoms with Crippen LogP contribution in [0.15, 0.2) is 77.7 Å². The Morgan fingerprint density at radius 1 is 1.05 bits per heavy atom. The van der Waals surface area contributed by atoms with E-state index in [1.807, 2.05) is 18.2 Å². The summed E-state index contributed by atoms with van der Waals surface area (Å²) in [6.45, 7) is 4.45. The number of hydrogen-bond donors (Lipinski definition) is 2. The van der Waals surface area contributed by atoms with Gasteiger partial charge in [-0.3, -0.25) is 9.69 Å². The standard InChI is InChI=1S/C28H29ClN2O6S/c29-23-8-4-20(5-9-23)21-6-10-25(11-7-21)38(34,35)30-28(27(32)33)19-26(28)22-2-1-3-24(18-22)37-17-14-31-12-15-36-16-13-31/h1-11,18,26,30H,12-17,19H2,(H,32,33). The summed E-state index contributed by atoms with van der Waals surface area (Å²) in [5.74, 6) is -1.09. The molecule has 2 atom stereocenters. The van der Waals surface area contributed by atoms with E-state index in [-0.39, 0.29) is 11.3 Å². The fourth-order valence-electron chi connectivity index (χ4n) is 4.76. The minimum Gasteiger partial charge on any atom is -0.492 e. The zero-order valence-electron chi connectivity index (χ0n) is 20.7. The number of ether oxygens (including phenoxy) is 2. The normalized spacial score (nSPS) is 21.7. The molecule has 1 saturated carbocycles. The molecule has 8 nitrogen and oxygen atoms in total. The molecule has 0 aromatic heterocycles. The van der Waals surface area contributed by atoms with Crippen molar-refractivity contribution in [2.75, 3.05) is 39.5 Å².